The van der Waals surface area contributed by atoms with Gasteiger partial charge in [0.05, 0.1) is 18.2 Å². The molecule has 7 heteroatoms. The zero-order valence-corrected chi connectivity index (χ0v) is 12.8. The van der Waals surface area contributed by atoms with Gasteiger partial charge in [-0.3, -0.25) is 9.69 Å². The highest BCUT2D eigenvalue weighted by Crippen LogP contribution is 2.03. The van der Waals surface area contributed by atoms with Crippen LogP contribution >= 0.6 is 12.2 Å². The molecule has 0 radical (unpaired) electrons. The highest BCUT2D eigenvalue weighted by molar-refractivity contribution is 7.80. The summed E-state index contributed by atoms with van der Waals surface area (Å²) in [6, 6.07) is 3.49. The topological polar surface area (TPSA) is 69.7 Å². The third-order valence-corrected chi connectivity index (χ3v) is 3.56. The number of ether oxygens (including phenoxy) is 2. The van der Waals surface area contributed by atoms with Gasteiger partial charge in [0, 0.05) is 38.8 Å². The van der Waals surface area contributed by atoms with E-state index in [9.17, 15) is 4.79 Å². The number of nitrogens with two attached hydrogens (primary N) is 1. The number of nitrogens with zero attached hydrogens (tertiary/aromatic N) is 2. The maximum atomic E-state index is 12.2. The van der Waals surface area contributed by atoms with Crippen molar-refractivity contribution in [2.75, 3.05) is 39.5 Å². The lowest BCUT2D eigenvalue weighted by Gasteiger charge is -2.26. The number of thiocarbonyl (C=S) groups is 1. The monoisotopic (exact) mass is 311 g/mol. The molecular weight excluding hydrogens is 290 g/mol. The first-order chi connectivity index (χ1) is 10.2. The fourth-order valence-corrected chi connectivity index (χ4v) is 2.23. The number of aryl methyl sites for hydroxylation is 1. The molecule has 0 aliphatic carbocycles. The van der Waals surface area contributed by atoms with Crippen molar-refractivity contribution in [2.45, 2.75) is 13.0 Å². The fraction of sp³-hybridized carbons (Fsp3) is 0.571. The molecule has 6 nitrogen and oxygen atoms in total. The summed E-state index contributed by atoms with van der Waals surface area (Å²) in [5.41, 5.74) is 5.32. The van der Waals surface area contributed by atoms with Crippen molar-refractivity contribution in [1.82, 2.24) is 9.47 Å². The van der Waals surface area contributed by atoms with Crippen molar-refractivity contribution in [3.63, 3.8) is 0 Å². The third-order valence-electron chi connectivity index (χ3n) is 3.35. The second-order valence-electron chi connectivity index (χ2n) is 4.89. The molecule has 0 spiro atoms. The number of hydrogen-bond donors (Lipinski definition) is 1. The summed E-state index contributed by atoms with van der Waals surface area (Å²) < 4.78 is 12.5. The second-order valence-corrected chi connectivity index (χ2v) is 5.41. The van der Waals surface area contributed by atoms with Crippen molar-refractivity contribution >= 4 is 17.2 Å². The van der Waals surface area contributed by atoms with Crippen LogP contribution in [0.15, 0.2) is 23.1 Å². The Hall–Kier alpha value is -1.44. The quantitative estimate of drug-likeness (QED) is 0.727. The molecule has 0 bridgehead atoms. The van der Waals surface area contributed by atoms with Crippen LogP contribution < -0.4 is 16.0 Å². The van der Waals surface area contributed by atoms with Crippen molar-refractivity contribution in [2.24, 2.45) is 5.73 Å². The van der Waals surface area contributed by atoms with Crippen molar-refractivity contribution in [3.8, 4) is 5.75 Å². The van der Waals surface area contributed by atoms with Gasteiger partial charge >= 0.3 is 0 Å². The van der Waals surface area contributed by atoms with Crippen LogP contribution in [0.3, 0.4) is 0 Å². The average molecular weight is 311 g/mol. The van der Waals surface area contributed by atoms with E-state index in [1.54, 1.807) is 22.9 Å². The van der Waals surface area contributed by atoms with E-state index in [4.69, 9.17) is 27.4 Å². The van der Waals surface area contributed by atoms with Crippen molar-refractivity contribution < 1.29 is 9.47 Å². The predicted molar refractivity (Wildman–Crippen MR) is 84.9 cm³/mol. The summed E-state index contributed by atoms with van der Waals surface area (Å²) in [6.07, 6.45) is 2.22. The Balaban J connectivity index is 1.86. The zero-order valence-electron chi connectivity index (χ0n) is 12.0. The van der Waals surface area contributed by atoms with Crippen LogP contribution in [-0.2, 0) is 11.3 Å². The Labute approximate surface area is 129 Å². The van der Waals surface area contributed by atoms with Crippen LogP contribution in [0.4, 0.5) is 0 Å². The van der Waals surface area contributed by atoms with E-state index < -0.39 is 0 Å². The van der Waals surface area contributed by atoms with Crippen LogP contribution in [0.25, 0.3) is 0 Å². The molecule has 2 rings (SSSR count). The first-order valence-electron chi connectivity index (χ1n) is 7.07. The molecule has 0 aromatic carbocycles. The largest absolute Gasteiger partial charge is 0.487 e. The zero-order chi connectivity index (χ0) is 15.1. The fourth-order valence-electron chi connectivity index (χ4n) is 2.14. The van der Waals surface area contributed by atoms with E-state index in [0.29, 0.717) is 30.3 Å². The van der Waals surface area contributed by atoms with E-state index in [1.807, 2.05) is 0 Å². The third kappa shape index (κ3) is 5.11. The van der Waals surface area contributed by atoms with Crippen LogP contribution in [-0.4, -0.2) is 53.9 Å². The summed E-state index contributed by atoms with van der Waals surface area (Å²) in [5.74, 6) is 0.369. The molecule has 1 aliphatic heterocycles. The molecule has 1 saturated heterocycles. The maximum absolute atomic E-state index is 12.2. The number of morpholine rings is 1. The number of hydrogen-bond acceptors (Lipinski definition) is 5. The average Bonchev–Trinajstić information content (AvgIpc) is 2.49. The lowest BCUT2D eigenvalue weighted by molar-refractivity contribution is 0.0321. The van der Waals surface area contributed by atoms with Gasteiger partial charge in [-0.25, -0.2) is 0 Å². The van der Waals surface area contributed by atoms with Gasteiger partial charge in [0.1, 0.15) is 6.61 Å². The summed E-state index contributed by atoms with van der Waals surface area (Å²) in [7, 11) is 0. The molecule has 2 heterocycles. The van der Waals surface area contributed by atoms with E-state index in [0.717, 1.165) is 32.8 Å². The van der Waals surface area contributed by atoms with Gasteiger partial charge in [-0.2, -0.15) is 0 Å². The number of rotatable bonds is 7. The Morgan fingerprint density at radius 3 is 2.86 bits per heavy atom. The lowest BCUT2D eigenvalue weighted by atomic mass is 10.4. The standard InChI is InChI=1S/C14H21N3O3S/c15-13(21)3-5-17-4-1-2-12(14(17)18)20-11-8-16-6-9-19-10-7-16/h1-2,4H,3,5-11H2,(H2,15,21). The minimum atomic E-state index is -0.143. The molecule has 1 fully saturated rings. The highest BCUT2D eigenvalue weighted by atomic mass is 32.1. The van der Waals surface area contributed by atoms with Crippen molar-refractivity contribution in [3.05, 3.63) is 28.7 Å². The van der Waals surface area contributed by atoms with Gasteiger partial charge in [0.25, 0.3) is 5.56 Å². The molecule has 0 saturated carbocycles. The van der Waals surface area contributed by atoms with Gasteiger partial charge in [-0.1, -0.05) is 12.2 Å². The van der Waals surface area contributed by atoms with Crippen LogP contribution in [0.5, 0.6) is 5.75 Å². The van der Waals surface area contributed by atoms with Gasteiger partial charge in [-0.15, -0.1) is 0 Å². The molecule has 0 unspecified atom stereocenters. The SMILES string of the molecule is NC(=S)CCn1cccc(OCCN2CCOCC2)c1=O. The molecule has 21 heavy (non-hydrogen) atoms. The summed E-state index contributed by atoms with van der Waals surface area (Å²) in [4.78, 5) is 14.8. The van der Waals surface area contributed by atoms with E-state index in [1.165, 1.54) is 0 Å². The molecule has 1 aromatic heterocycles. The van der Waals surface area contributed by atoms with Crippen LogP contribution in [0, 0.1) is 0 Å². The summed E-state index contributed by atoms with van der Waals surface area (Å²) in [6.45, 7) is 5.12. The van der Waals surface area contributed by atoms with Gasteiger partial charge in [0.15, 0.2) is 5.75 Å². The minimum absolute atomic E-state index is 0.143. The maximum Gasteiger partial charge on any atom is 0.292 e. The molecular formula is C14H21N3O3S. The van der Waals surface area contributed by atoms with Gasteiger partial charge in [0.2, 0.25) is 0 Å². The molecule has 0 amide bonds. The first-order valence-corrected chi connectivity index (χ1v) is 7.48. The molecule has 0 atom stereocenters. The Morgan fingerprint density at radius 2 is 2.14 bits per heavy atom. The highest BCUT2D eigenvalue weighted by Gasteiger charge is 2.10. The lowest BCUT2D eigenvalue weighted by Crippen LogP contribution is -2.39. The Morgan fingerprint density at radius 1 is 1.38 bits per heavy atom. The second kappa shape index (κ2) is 8.11. The van der Waals surface area contributed by atoms with E-state index >= 15 is 0 Å². The summed E-state index contributed by atoms with van der Waals surface area (Å²) >= 11 is 4.83. The minimum Gasteiger partial charge on any atom is -0.487 e. The van der Waals surface area contributed by atoms with Crippen LogP contribution in [0.1, 0.15) is 6.42 Å². The predicted octanol–water partition coefficient (Wildman–Crippen LogP) is 0.235. The van der Waals surface area contributed by atoms with E-state index in [2.05, 4.69) is 4.90 Å². The van der Waals surface area contributed by atoms with Gasteiger partial charge in [-0.05, 0) is 12.1 Å². The summed E-state index contributed by atoms with van der Waals surface area (Å²) in [5, 5.41) is 0. The number of pyridine rings is 1. The molecule has 2 N–H and O–H groups in total. The normalized spacial score (nSPS) is 15.8. The van der Waals surface area contributed by atoms with Gasteiger partial charge < -0.3 is 19.8 Å². The molecule has 116 valence electrons. The molecule has 1 aromatic rings. The Bertz CT molecular complexity index is 526. The Kier molecular flexibility index (Phi) is 6.16. The van der Waals surface area contributed by atoms with Crippen LogP contribution in [0.2, 0.25) is 0 Å². The molecule has 1 aliphatic rings. The van der Waals surface area contributed by atoms with Crippen molar-refractivity contribution in [1.29, 1.82) is 0 Å². The van der Waals surface area contributed by atoms with E-state index in [-0.39, 0.29) is 5.56 Å². The first kappa shape index (κ1) is 15.9. The number of aromatic nitrogens is 1. The smallest absolute Gasteiger partial charge is 0.292 e.